The summed E-state index contributed by atoms with van der Waals surface area (Å²) in [5.41, 5.74) is 0.822. The van der Waals surface area contributed by atoms with Gasteiger partial charge in [0.2, 0.25) is 5.89 Å². The van der Waals surface area contributed by atoms with Crippen molar-refractivity contribution in [1.29, 1.82) is 0 Å². The number of benzene rings is 1. The monoisotopic (exact) mass is 326 g/mol. The first-order chi connectivity index (χ1) is 11.2. The SMILES string of the molecule is C[C@H](OC(=O)/C=C/c1cccs1)c1nnc(-c2ccccc2)o1. The first kappa shape index (κ1) is 15.2. The van der Waals surface area contributed by atoms with Gasteiger partial charge in [0, 0.05) is 16.5 Å². The predicted octanol–water partition coefficient (Wildman–Crippen LogP) is 4.12. The summed E-state index contributed by atoms with van der Waals surface area (Å²) in [6, 6.07) is 13.3. The molecular weight excluding hydrogens is 312 g/mol. The third-order valence-corrected chi connectivity index (χ3v) is 3.87. The molecule has 0 amide bonds. The maximum atomic E-state index is 11.8. The summed E-state index contributed by atoms with van der Waals surface area (Å²) < 4.78 is 10.8. The van der Waals surface area contributed by atoms with E-state index in [4.69, 9.17) is 9.15 Å². The van der Waals surface area contributed by atoms with Gasteiger partial charge < -0.3 is 9.15 Å². The summed E-state index contributed by atoms with van der Waals surface area (Å²) in [5.74, 6) is 0.213. The Morgan fingerprint density at radius 1 is 1.22 bits per heavy atom. The smallest absolute Gasteiger partial charge is 0.331 e. The molecule has 0 N–H and O–H groups in total. The normalized spacial score (nSPS) is 12.4. The molecule has 0 aliphatic carbocycles. The molecular formula is C17H14N2O3S. The average Bonchev–Trinajstić information content (AvgIpc) is 3.25. The zero-order valence-electron chi connectivity index (χ0n) is 12.4. The van der Waals surface area contributed by atoms with Crippen LogP contribution in [0.4, 0.5) is 0 Å². The molecule has 1 atom stereocenters. The van der Waals surface area contributed by atoms with Crippen LogP contribution >= 0.6 is 11.3 Å². The second kappa shape index (κ2) is 7.02. The second-order valence-electron chi connectivity index (χ2n) is 4.74. The van der Waals surface area contributed by atoms with Crippen LogP contribution in [0.1, 0.15) is 23.8 Å². The van der Waals surface area contributed by atoms with Crippen molar-refractivity contribution in [2.45, 2.75) is 13.0 Å². The summed E-state index contributed by atoms with van der Waals surface area (Å²) in [5, 5.41) is 9.86. The highest BCUT2D eigenvalue weighted by molar-refractivity contribution is 7.10. The van der Waals surface area contributed by atoms with Gasteiger partial charge in [0.25, 0.3) is 5.89 Å². The Kier molecular flexibility index (Phi) is 4.63. The van der Waals surface area contributed by atoms with Crippen LogP contribution < -0.4 is 0 Å². The molecule has 3 aromatic rings. The number of carbonyl (C=O) groups is 1. The molecule has 23 heavy (non-hydrogen) atoms. The molecule has 0 saturated carbocycles. The molecule has 0 aliphatic rings. The van der Waals surface area contributed by atoms with Crippen LogP contribution in [0.25, 0.3) is 17.5 Å². The van der Waals surface area contributed by atoms with Crippen LogP contribution in [-0.4, -0.2) is 16.2 Å². The minimum absolute atomic E-state index is 0.265. The second-order valence-corrected chi connectivity index (χ2v) is 5.72. The maximum absolute atomic E-state index is 11.8. The Hall–Kier alpha value is -2.73. The van der Waals surface area contributed by atoms with E-state index < -0.39 is 12.1 Å². The van der Waals surface area contributed by atoms with Crippen LogP contribution in [0.3, 0.4) is 0 Å². The molecule has 5 nitrogen and oxygen atoms in total. The van der Waals surface area contributed by atoms with Crippen molar-refractivity contribution < 1.29 is 13.9 Å². The molecule has 2 heterocycles. The largest absolute Gasteiger partial charge is 0.449 e. The molecule has 0 saturated heterocycles. The van der Waals surface area contributed by atoms with Crippen molar-refractivity contribution in [2.75, 3.05) is 0 Å². The number of thiophene rings is 1. The zero-order chi connectivity index (χ0) is 16.1. The van der Waals surface area contributed by atoms with Crippen molar-refractivity contribution in [3.63, 3.8) is 0 Å². The minimum Gasteiger partial charge on any atom is -0.449 e. The first-order valence-electron chi connectivity index (χ1n) is 7.03. The highest BCUT2D eigenvalue weighted by atomic mass is 32.1. The predicted molar refractivity (Wildman–Crippen MR) is 87.6 cm³/mol. The van der Waals surface area contributed by atoms with Crippen LogP contribution in [0.5, 0.6) is 0 Å². The number of rotatable bonds is 5. The topological polar surface area (TPSA) is 65.2 Å². The molecule has 0 radical (unpaired) electrons. The number of carbonyl (C=O) groups excluding carboxylic acids is 1. The number of hydrogen-bond donors (Lipinski definition) is 0. The number of ether oxygens (including phenoxy) is 1. The Labute approximate surface area is 137 Å². The summed E-state index contributed by atoms with van der Waals surface area (Å²) in [4.78, 5) is 12.8. The van der Waals surface area contributed by atoms with E-state index in [2.05, 4.69) is 10.2 Å². The molecule has 0 fully saturated rings. The first-order valence-corrected chi connectivity index (χ1v) is 7.91. The molecule has 0 aliphatic heterocycles. The van der Waals surface area contributed by atoms with Crippen LogP contribution in [0, 0.1) is 0 Å². The molecule has 0 unspecified atom stereocenters. The standard InChI is InChI=1S/C17H14N2O3S/c1-12(21-15(20)10-9-14-8-5-11-23-14)16-18-19-17(22-16)13-6-3-2-4-7-13/h2-12H,1H3/b10-9+/t12-/m0/s1. The van der Waals surface area contributed by atoms with Crippen LogP contribution in [0.2, 0.25) is 0 Å². The van der Waals surface area contributed by atoms with Crippen molar-refractivity contribution >= 4 is 23.4 Å². The molecule has 0 spiro atoms. The lowest BCUT2D eigenvalue weighted by Gasteiger charge is -2.06. The van der Waals surface area contributed by atoms with E-state index in [1.165, 1.54) is 6.08 Å². The number of hydrogen-bond acceptors (Lipinski definition) is 6. The Balaban J connectivity index is 1.63. The van der Waals surface area contributed by atoms with Gasteiger partial charge in [0.15, 0.2) is 6.10 Å². The number of nitrogens with zero attached hydrogens (tertiary/aromatic N) is 2. The zero-order valence-corrected chi connectivity index (χ0v) is 13.2. The summed E-state index contributed by atoms with van der Waals surface area (Å²) in [6.45, 7) is 1.69. The van der Waals surface area contributed by atoms with Crippen molar-refractivity contribution in [2.24, 2.45) is 0 Å². The molecule has 6 heteroatoms. The highest BCUT2D eigenvalue weighted by Gasteiger charge is 2.17. The van der Waals surface area contributed by atoms with E-state index in [-0.39, 0.29) is 5.89 Å². The summed E-state index contributed by atoms with van der Waals surface area (Å²) >= 11 is 1.55. The third kappa shape index (κ3) is 3.92. The van der Waals surface area contributed by atoms with Gasteiger partial charge in [-0.25, -0.2) is 4.79 Å². The lowest BCUT2D eigenvalue weighted by molar-refractivity contribution is -0.143. The average molecular weight is 326 g/mol. The van der Waals surface area contributed by atoms with E-state index in [9.17, 15) is 4.79 Å². The van der Waals surface area contributed by atoms with E-state index in [0.29, 0.717) is 5.89 Å². The van der Waals surface area contributed by atoms with Crippen molar-refractivity contribution in [3.8, 4) is 11.5 Å². The van der Waals surface area contributed by atoms with Gasteiger partial charge >= 0.3 is 5.97 Å². The summed E-state index contributed by atoms with van der Waals surface area (Å²) in [6.07, 6.45) is 2.49. The fourth-order valence-corrected chi connectivity index (χ4v) is 2.51. The molecule has 0 bridgehead atoms. The van der Waals surface area contributed by atoms with Crippen LogP contribution in [0.15, 0.2) is 58.3 Å². The van der Waals surface area contributed by atoms with Gasteiger partial charge in [-0.05, 0) is 36.6 Å². The van der Waals surface area contributed by atoms with Crippen LogP contribution in [-0.2, 0) is 9.53 Å². The fraction of sp³-hybridized carbons (Fsp3) is 0.118. The third-order valence-electron chi connectivity index (χ3n) is 3.03. The summed E-state index contributed by atoms with van der Waals surface area (Å²) in [7, 11) is 0. The Morgan fingerprint density at radius 2 is 2.04 bits per heavy atom. The van der Waals surface area contributed by atoms with E-state index >= 15 is 0 Å². The van der Waals surface area contributed by atoms with Crippen molar-refractivity contribution in [1.82, 2.24) is 10.2 Å². The van der Waals surface area contributed by atoms with E-state index in [0.717, 1.165) is 10.4 Å². The molecule has 2 aromatic heterocycles. The quantitative estimate of drug-likeness (QED) is 0.521. The molecule has 116 valence electrons. The lowest BCUT2D eigenvalue weighted by Crippen LogP contribution is -2.06. The molecule has 3 rings (SSSR count). The minimum atomic E-state index is -0.611. The fourth-order valence-electron chi connectivity index (χ4n) is 1.90. The molecule has 1 aromatic carbocycles. The number of aromatic nitrogens is 2. The highest BCUT2D eigenvalue weighted by Crippen LogP contribution is 2.22. The van der Waals surface area contributed by atoms with Gasteiger partial charge in [-0.15, -0.1) is 21.5 Å². The Morgan fingerprint density at radius 3 is 2.78 bits per heavy atom. The van der Waals surface area contributed by atoms with E-state index in [1.54, 1.807) is 24.3 Å². The van der Waals surface area contributed by atoms with E-state index in [1.807, 2.05) is 47.8 Å². The van der Waals surface area contributed by atoms with Crippen molar-refractivity contribution in [3.05, 3.63) is 64.7 Å². The number of esters is 1. The van der Waals surface area contributed by atoms with Gasteiger partial charge in [0.1, 0.15) is 0 Å². The van der Waals surface area contributed by atoms with Gasteiger partial charge in [-0.3, -0.25) is 0 Å². The van der Waals surface area contributed by atoms with Gasteiger partial charge in [-0.1, -0.05) is 24.3 Å². The lowest BCUT2D eigenvalue weighted by atomic mass is 10.2. The van der Waals surface area contributed by atoms with Gasteiger partial charge in [0.05, 0.1) is 0 Å². The van der Waals surface area contributed by atoms with Gasteiger partial charge in [-0.2, -0.15) is 0 Å². The maximum Gasteiger partial charge on any atom is 0.331 e. The Bertz CT molecular complexity index is 794.